The lowest BCUT2D eigenvalue weighted by Gasteiger charge is -2.18. The van der Waals surface area contributed by atoms with E-state index in [0.717, 1.165) is 5.56 Å². The third-order valence-electron chi connectivity index (χ3n) is 2.47. The van der Waals surface area contributed by atoms with Crippen molar-refractivity contribution in [1.29, 1.82) is 0 Å². The number of halogens is 1. The van der Waals surface area contributed by atoms with E-state index in [2.05, 4.69) is 0 Å². The summed E-state index contributed by atoms with van der Waals surface area (Å²) < 4.78 is 10.4. The van der Waals surface area contributed by atoms with E-state index in [9.17, 15) is 0 Å². The Kier molecular flexibility index (Phi) is 4.41. The molecule has 0 saturated heterocycles. The molecule has 0 fully saturated rings. The van der Waals surface area contributed by atoms with Crippen LogP contribution in [0, 0.1) is 6.92 Å². The van der Waals surface area contributed by atoms with E-state index in [1.54, 1.807) is 13.2 Å². The Hall–Kier alpha value is -0.970. The maximum absolute atomic E-state index is 9.07. The maximum Gasteiger partial charge on any atom is 0.142 e. The molecular weight excluding hydrogens is 230 g/mol. The van der Waals surface area contributed by atoms with E-state index in [1.807, 2.05) is 6.92 Å². The fourth-order valence-electron chi connectivity index (χ4n) is 1.51. The minimum Gasteiger partial charge on any atom is -0.496 e. The number of benzene rings is 1. The van der Waals surface area contributed by atoms with Gasteiger partial charge in [-0.3, -0.25) is 0 Å². The normalized spacial score (nSPS) is 12.4. The summed E-state index contributed by atoms with van der Waals surface area (Å²) in [5, 5.41) is 9.53. The van der Waals surface area contributed by atoms with Crippen molar-refractivity contribution in [2.45, 2.75) is 13.0 Å². The summed E-state index contributed by atoms with van der Waals surface area (Å²) in [5.74, 6) is 1.12. The zero-order valence-corrected chi connectivity index (χ0v) is 10.3. The van der Waals surface area contributed by atoms with Gasteiger partial charge in [0, 0.05) is 11.1 Å². The molecule has 1 aromatic rings. The third kappa shape index (κ3) is 2.24. The van der Waals surface area contributed by atoms with Crippen molar-refractivity contribution in [3.8, 4) is 11.5 Å². The Labute approximate surface area is 99.9 Å². The highest BCUT2D eigenvalue weighted by Gasteiger charge is 2.19. The van der Waals surface area contributed by atoms with Crippen molar-refractivity contribution in [1.82, 2.24) is 0 Å². The fraction of sp³-hybridized carbons (Fsp3) is 0.455. The van der Waals surface area contributed by atoms with Crippen LogP contribution in [0.1, 0.15) is 17.2 Å². The van der Waals surface area contributed by atoms with Crippen LogP contribution in [0.2, 0.25) is 5.02 Å². The Morgan fingerprint density at radius 2 is 2.06 bits per heavy atom. The molecule has 0 heterocycles. The molecule has 0 aliphatic rings. The second-order valence-corrected chi connectivity index (χ2v) is 3.81. The van der Waals surface area contributed by atoms with Gasteiger partial charge in [0.05, 0.1) is 31.9 Å². The van der Waals surface area contributed by atoms with Gasteiger partial charge in [0.1, 0.15) is 11.5 Å². The van der Waals surface area contributed by atoms with Gasteiger partial charge in [-0.1, -0.05) is 11.6 Å². The molecular formula is C11H16ClNO3. The van der Waals surface area contributed by atoms with Crippen molar-refractivity contribution in [2.24, 2.45) is 5.73 Å². The molecule has 0 aliphatic carbocycles. The van der Waals surface area contributed by atoms with Crippen LogP contribution in [0.25, 0.3) is 0 Å². The van der Waals surface area contributed by atoms with Crippen LogP contribution >= 0.6 is 11.6 Å². The summed E-state index contributed by atoms with van der Waals surface area (Å²) in [6.07, 6.45) is 0. The topological polar surface area (TPSA) is 64.7 Å². The lowest BCUT2D eigenvalue weighted by Crippen LogP contribution is -2.16. The number of aliphatic hydroxyl groups is 1. The molecule has 3 N–H and O–H groups in total. The van der Waals surface area contributed by atoms with Crippen molar-refractivity contribution >= 4 is 11.6 Å². The van der Waals surface area contributed by atoms with Gasteiger partial charge < -0.3 is 20.3 Å². The highest BCUT2D eigenvalue weighted by molar-refractivity contribution is 6.33. The highest BCUT2D eigenvalue weighted by Crippen LogP contribution is 2.39. The van der Waals surface area contributed by atoms with E-state index < -0.39 is 6.04 Å². The van der Waals surface area contributed by atoms with Gasteiger partial charge in [-0.15, -0.1) is 0 Å². The van der Waals surface area contributed by atoms with Crippen LogP contribution in [-0.2, 0) is 0 Å². The van der Waals surface area contributed by atoms with Crippen molar-refractivity contribution in [2.75, 3.05) is 20.8 Å². The van der Waals surface area contributed by atoms with Gasteiger partial charge in [-0.2, -0.15) is 0 Å². The molecule has 16 heavy (non-hydrogen) atoms. The second kappa shape index (κ2) is 5.39. The van der Waals surface area contributed by atoms with Gasteiger partial charge in [-0.05, 0) is 13.0 Å². The number of rotatable bonds is 4. The maximum atomic E-state index is 9.07. The predicted octanol–water partition coefficient (Wildman–Crippen LogP) is 1.66. The van der Waals surface area contributed by atoms with Crippen LogP contribution < -0.4 is 15.2 Å². The SMILES string of the molecule is COc1cc(C(N)CO)c(OC)c(Cl)c1C. The number of methoxy groups -OCH3 is 2. The summed E-state index contributed by atoms with van der Waals surface area (Å²) >= 11 is 6.14. The number of hydrogen-bond acceptors (Lipinski definition) is 4. The zero-order valence-electron chi connectivity index (χ0n) is 9.58. The van der Waals surface area contributed by atoms with Crippen LogP contribution in [-0.4, -0.2) is 25.9 Å². The molecule has 90 valence electrons. The summed E-state index contributed by atoms with van der Waals surface area (Å²) in [7, 11) is 3.07. The summed E-state index contributed by atoms with van der Waals surface area (Å²) in [6.45, 7) is 1.65. The molecule has 0 spiro atoms. The molecule has 0 radical (unpaired) electrons. The molecule has 0 aromatic heterocycles. The molecule has 0 aliphatic heterocycles. The first-order valence-electron chi connectivity index (χ1n) is 4.84. The molecule has 0 amide bonds. The van der Waals surface area contributed by atoms with E-state index >= 15 is 0 Å². The van der Waals surface area contributed by atoms with Crippen LogP contribution in [0.5, 0.6) is 11.5 Å². The first-order valence-corrected chi connectivity index (χ1v) is 5.22. The van der Waals surface area contributed by atoms with Gasteiger partial charge in [0.15, 0.2) is 0 Å². The van der Waals surface area contributed by atoms with E-state index in [1.165, 1.54) is 7.11 Å². The first kappa shape index (κ1) is 13.1. The first-order chi connectivity index (χ1) is 7.56. The van der Waals surface area contributed by atoms with E-state index in [0.29, 0.717) is 22.1 Å². The lowest BCUT2D eigenvalue weighted by atomic mass is 10.0. The quantitative estimate of drug-likeness (QED) is 0.847. The molecule has 1 atom stereocenters. The second-order valence-electron chi connectivity index (χ2n) is 3.43. The monoisotopic (exact) mass is 245 g/mol. The Morgan fingerprint density at radius 1 is 1.44 bits per heavy atom. The van der Waals surface area contributed by atoms with E-state index in [4.69, 9.17) is 31.9 Å². The van der Waals surface area contributed by atoms with Crippen molar-refractivity contribution in [3.05, 3.63) is 22.2 Å². The molecule has 0 bridgehead atoms. The predicted molar refractivity (Wildman–Crippen MR) is 63.3 cm³/mol. The zero-order chi connectivity index (χ0) is 12.3. The van der Waals surface area contributed by atoms with Crippen LogP contribution in [0.15, 0.2) is 6.07 Å². The van der Waals surface area contributed by atoms with Gasteiger partial charge in [0.2, 0.25) is 0 Å². The molecule has 1 rings (SSSR count). The highest BCUT2D eigenvalue weighted by atomic mass is 35.5. The van der Waals surface area contributed by atoms with Crippen molar-refractivity contribution in [3.63, 3.8) is 0 Å². The average Bonchev–Trinajstić information content (AvgIpc) is 2.31. The number of aliphatic hydroxyl groups excluding tert-OH is 1. The van der Waals surface area contributed by atoms with Gasteiger partial charge in [0.25, 0.3) is 0 Å². The Bertz CT molecular complexity index is 382. The molecule has 1 unspecified atom stereocenters. The minimum atomic E-state index is -0.540. The molecule has 0 saturated carbocycles. The van der Waals surface area contributed by atoms with Crippen molar-refractivity contribution < 1.29 is 14.6 Å². The number of hydrogen-bond donors (Lipinski definition) is 2. The minimum absolute atomic E-state index is 0.182. The molecule has 1 aromatic carbocycles. The lowest BCUT2D eigenvalue weighted by molar-refractivity contribution is 0.264. The Morgan fingerprint density at radius 3 is 2.50 bits per heavy atom. The number of nitrogens with two attached hydrogens (primary N) is 1. The average molecular weight is 246 g/mol. The summed E-state index contributed by atoms with van der Waals surface area (Å²) in [5.41, 5.74) is 7.19. The molecule has 4 nitrogen and oxygen atoms in total. The summed E-state index contributed by atoms with van der Waals surface area (Å²) in [4.78, 5) is 0. The van der Waals surface area contributed by atoms with Crippen LogP contribution in [0.4, 0.5) is 0 Å². The smallest absolute Gasteiger partial charge is 0.142 e. The third-order valence-corrected chi connectivity index (χ3v) is 2.92. The largest absolute Gasteiger partial charge is 0.496 e. The van der Waals surface area contributed by atoms with Gasteiger partial charge in [-0.25, -0.2) is 0 Å². The van der Waals surface area contributed by atoms with Gasteiger partial charge >= 0.3 is 0 Å². The summed E-state index contributed by atoms with van der Waals surface area (Å²) in [6, 6.07) is 1.20. The van der Waals surface area contributed by atoms with E-state index in [-0.39, 0.29) is 6.61 Å². The molecule has 5 heteroatoms. The number of ether oxygens (including phenoxy) is 2. The fourth-order valence-corrected chi connectivity index (χ4v) is 1.79. The van der Waals surface area contributed by atoms with Crippen LogP contribution in [0.3, 0.4) is 0 Å². The standard InChI is InChI=1S/C11H16ClNO3/c1-6-9(15-2)4-7(8(13)5-14)11(16-3)10(6)12/h4,8,14H,5,13H2,1-3H3. The Balaban J connectivity index is 3.40.